The van der Waals surface area contributed by atoms with Gasteiger partial charge in [-0.15, -0.1) is 0 Å². The maximum absolute atomic E-state index is 3.70. The van der Waals surface area contributed by atoms with Crippen molar-refractivity contribution in [2.45, 2.75) is 51.4 Å². The molecule has 0 unspecified atom stereocenters. The van der Waals surface area contributed by atoms with Gasteiger partial charge in [-0.3, -0.25) is 0 Å². The lowest BCUT2D eigenvalue weighted by Gasteiger charge is -2.42. The fraction of sp³-hybridized carbons (Fsp3) is 1.00. The molecule has 0 aromatic rings. The maximum Gasteiger partial charge on any atom is 0.00200 e. The van der Waals surface area contributed by atoms with Gasteiger partial charge >= 0.3 is 0 Å². The van der Waals surface area contributed by atoms with Gasteiger partial charge in [0.15, 0.2) is 0 Å². The summed E-state index contributed by atoms with van der Waals surface area (Å²) in [5, 5.41) is 7.05. The Balaban J connectivity index is 1.56. The van der Waals surface area contributed by atoms with Crippen LogP contribution in [0.5, 0.6) is 0 Å². The van der Waals surface area contributed by atoms with E-state index in [1.807, 2.05) is 0 Å². The van der Waals surface area contributed by atoms with E-state index in [1.165, 1.54) is 71.0 Å². The third-order valence-corrected chi connectivity index (χ3v) is 4.67. The Morgan fingerprint density at radius 2 is 1.81 bits per heavy atom. The van der Waals surface area contributed by atoms with Crippen molar-refractivity contribution in [3.8, 4) is 0 Å². The van der Waals surface area contributed by atoms with Gasteiger partial charge in [0.1, 0.15) is 0 Å². The fourth-order valence-electron chi connectivity index (χ4n) is 3.43. The van der Waals surface area contributed by atoms with E-state index in [4.69, 9.17) is 0 Å². The quantitative estimate of drug-likeness (QED) is 0.649. The van der Waals surface area contributed by atoms with Gasteiger partial charge in [-0.25, -0.2) is 0 Å². The van der Waals surface area contributed by atoms with Crippen LogP contribution in [0.4, 0.5) is 0 Å². The number of rotatable bonds is 7. The van der Waals surface area contributed by atoms with Crippen LogP contribution in [0.1, 0.15) is 51.4 Å². The Morgan fingerprint density at radius 3 is 2.38 bits per heavy atom. The summed E-state index contributed by atoms with van der Waals surface area (Å²) in [5.41, 5.74) is 0.602. The molecular weight excluding hydrogens is 196 g/mol. The fourth-order valence-corrected chi connectivity index (χ4v) is 3.43. The van der Waals surface area contributed by atoms with Gasteiger partial charge in [0.05, 0.1) is 0 Å². The Bertz CT molecular complexity index is 193. The molecule has 2 aliphatic rings. The largest absolute Gasteiger partial charge is 0.319 e. The van der Waals surface area contributed by atoms with Crippen molar-refractivity contribution in [3.05, 3.63) is 0 Å². The lowest BCUT2D eigenvalue weighted by molar-refractivity contribution is 0.130. The Kier molecular flexibility index (Phi) is 4.66. The predicted octanol–water partition coefficient (Wildman–Crippen LogP) is 2.55. The highest BCUT2D eigenvalue weighted by Crippen LogP contribution is 2.39. The summed E-state index contributed by atoms with van der Waals surface area (Å²) < 4.78 is 0. The standard InChI is InChI=1S/C14H28N2/c1-15-11-14(8-4-9-14)12-16-10-7-13-5-2-3-6-13/h13,15-16H,2-12H2,1H3. The summed E-state index contributed by atoms with van der Waals surface area (Å²) in [4.78, 5) is 0. The molecule has 0 atom stereocenters. The molecule has 0 radical (unpaired) electrons. The van der Waals surface area contributed by atoms with Crippen LogP contribution >= 0.6 is 0 Å². The van der Waals surface area contributed by atoms with E-state index in [9.17, 15) is 0 Å². The van der Waals surface area contributed by atoms with Crippen molar-refractivity contribution in [1.82, 2.24) is 10.6 Å². The molecule has 16 heavy (non-hydrogen) atoms. The number of nitrogens with one attached hydrogen (secondary N) is 2. The molecule has 2 heteroatoms. The lowest BCUT2D eigenvalue weighted by atomic mass is 9.68. The Hall–Kier alpha value is -0.0800. The van der Waals surface area contributed by atoms with Crippen molar-refractivity contribution in [2.75, 3.05) is 26.7 Å². The Morgan fingerprint density at radius 1 is 1.06 bits per heavy atom. The molecule has 0 aromatic carbocycles. The minimum absolute atomic E-state index is 0.602. The first-order valence-corrected chi connectivity index (χ1v) is 7.20. The van der Waals surface area contributed by atoms with Crippen LogP contribution in [-0.2, 0) is 0 Å². The summed E-state index contributed by atoms with van der Waals surface area (Å²) in [6.07, 6.45) is 11.6. The molecule has 2 aliphatic carbocycles. The highest BCUT2D eigenvalue weighted by molar-refractivity contribution is 4.91. The van der Waals surface area contributed by atoms with Crippen molar-refractivity contribution >= 4 is 0 Å². The molecular formula is C14H28N2. The molecule has 2 N–H and O–H groups in total. The maximum atomic E-state index is 3.70. The van der Waals surface area contributed by atoms with Gasteiger partial charge in [-0.05, 0) is 44.2 Å². The Labute approximate surface area is 101 Å². The third kappa shape index (κ3) is 3.21. The molecule has 2 rings (SSSR count). The van der Waals surface area contributed by atoms with Crippen molar-refractivity contribution in [2.24, 2.45) is 11.3 Å². The molecule has 94 valence electrons. The van der Waals surface area contributed by atoms with E-state index in [2.05, 4.69) is 17.7 Å². The smallest absolute Gasteiger partial charge is 0.00200 e. The molecule has 0 aliphatic heterocycles. The summed E-state index contributed by atoms with van der Waals surface area (Å²) in [5.74, 6) is 1.04. The van der Waals surface area contributed by atoms with Gasteiger partial charge in [-0.1, -0.05) is 32.1 Å². The van der Waals surface area contributed by atoms with E-state index >= 15 is 0 Å². The molecule has 0 saturated heterocycles. The normalized spacial score (nSPS) is 24.6. The third-order valence-electron chi connectivity index (χ3n) is 4.67. The second kappa shape index (κ2) is 6.02. The van der Waals surface area contributed by atoms with Gasteiger partial charge in [0.2, 0.25) is 0 Å². The van der Waals surface area contributed by atoms with Crippen molar-refractivity contribution < 1.29 is 0 Å². The minimum Gasteiger partial charge on any atom is -0.319 e. The summed E-state index contributed by atoms with van der Waals surface area (Å²) in [6, 6.07) is 0. The summed E-state index contributed by atoms with van der Waals surface area (Å²) in [6.45, 7) is 3.68. The molecule has 0 amide bonds. The second-order valence-corrected chi connectivity index (χ2v) is 6.00. The van der Waals surface area contributed by atoms with E-state index < -0.39 is 0 Å². The zero-order chi connectivity index (χ0) is 11.3. The molecule has 0 aromatic heterocycles. The first kappa shape index (κ1) is 12.4. The van der Waals surface area contributed by atoms with Crippen molar-refractivity contribution in [3.63, 3.8) is 0 Å². The van der Waals surface area contributed by atoms with Crippen LogP contribution in [0.2, 0.25) is 0 Å². The van der Waals surface area contributed by atoms with Gasteiger partial charge in [-0.2, -0.15) is 0 Å². The lowest BCUT2D eigenvalue weighted by Crippen LogP contribution is -2.46. The topological polar surface area (TPSA) is 24.1 Å². The molecule has 2 saturated carbocycles. The van der Waals surface area contributed by atoms with E-state index in [0.717, 1.165) is 5.92 Å². The molecule has 2 nitrogen and oxygen atoms in total. The van der Waals surface area contributed by atoms with Gasteiger partial charge < -0.3 is 10.6 Å². The molecule has 0 heterocycles. The van der Waals surface area contributed by atoms with E-state index in [1.54, 1.807) is 0 Å². The van der Waals surface area contributed by atoms with E-state index in [-0.39, 0.29) is 0 Å². The van der Waals surface area contributed by atoms with Gasteiger partial charge in [0, 0.05) is 13.1 Å². The first-order chi connectivity index (χ1) is 7.85. The van der Waals surface area contributed by atoms with Crippen LogP contribution in [-0.4, -0.2) is 26.7 Å². The highest BCUT2D eigenvalue weighted by atomic mass is 14.9. The van der Waals surface area contributed by atoms with Crippen LogP contribution < -0.4 is 10.6 Å². The molecule has 2 fully saturated rings. The van der Waals surface area contributed by atoms with Crippen LogP contribution in [0, 0.1) is 11.3 Å². The second-order valence-electron chi connectivity index (χ2n) is 6.00. The summed E-state index contributed by atoms with van der Waals surface area (Å²) >= 11 is 0. The monoisotopic (exact) mass is 224 g/mol. The van der Waals surface area contributed by atoms with Crippen LogP contribution in [0.15, 0.2) is 0 Å². The molecule has 0 bridgehead atoms. The number of hydrogen-bond acceptors (Lipinski definition) is 2. The van der Waals surface area contributed by atoms with Crippen molar-refractivity contribution in [1.29, 1.82) is 0 Å². The predicted molar refractivity (Wildman–Crippen MR) is 69.7 cm³/mol. The average Bonchev–Trinajstić information content (AvgIpc) is 2.73. The minimum atomic E-state index is 0.602. The van der Waals surface area contributed by atoms with Gasteiger partial charge in [0.25, 0.3) is 0 Å². The summed E-state index contributed by atoms with van der Waals surface area (Å²) in [7, 11) is 2.08. The zero-order valence-corrected chi connectivity index (χ0v) is 10.9. The first-order valence-electron chi connectivity index (χ1n) is 7.20. The van der Waals surface area contributed by atoms with Crippen LogP contribution in [0.25, 0.3) is 0 Å². The highest BCUT2D eigenvalue weighted by Gasteiger charge is 2.35. The van der Waals surface area contributed by atoms with Crippen LogP contribution in [0.3, 0.4) is 0 Å². The average molecular weight is 224 g/mol. The SMILES string of the molecule is CNCC1(CNCCC2CCCC2)CCC1. The number of hydrogen-bond donors (Lipinski definition) is 2. The zero-order valence-electron chi connectivity index (χ0n) is 10.9. The molecule has 0 spiro atoms. The van der Waals surface area contributed by atoms with E-state index in [0.29, 0.717) is 5.41 Å².